The molecule has 1 aliphatic rings. The fourth-order valence-corrected chi connectivity index (χ4v) is 3.72. The van der Waals surface area contributed by atoms with E-state index in [4.69, 9.17) is 0 Å². The van der Waals surface area contributed by atoms with Crippen molar-refractivity contribution in [1.29, 1.82) is 0 Å². The SMILES string of the molecule is Cc1cc(Br)ccc1SCC(=O)N1CCC[C@@H]1CO. The molecule has 0 radical (unpaired) electrons. The first kappa shape index (κ1) is 14.9. The minimum absolute atomic E-state index is 0.0270. The molecule has 0 aliphatic carbocycles. The van der Waals surface area contributed by atoms with Crippen molar-refractivity contribution >= 4 is 33.6 Å². The van der Waals surface area contributed by atoms with Gasteiger partial charge in [-0.15, -0.1) is 11.8 Å². The zero-order chi connectivity index (χ0) is 13.8. The number of amides is 1. The first-order valence-corrected chi connectivity index (χ1v) is 8.19. The van der Waals surface area contributed by atoms with Crippen molar-refractivity contribution in [2.24, 2.45) is 0 Å². The van der Waals surface area contributed by atoms with Crippen LogP contribution < -0.4 is 0 Å². The van der Waals surface area contributed by atoms with E-state index in [9.17, 15) is 9.90 Å². The molecule has 1 N–H and O–H groups in total. The van der Waals surface area contributed by atoms with Crippen LogP contribution in [0.2, 0.25) is 0 Å². The predicted molar refractivity (Wildman–Crippen MR) is 81.4 cm³/mol. The molecule has 1 aromatic carbocycles. The molecule has 5 heteroatoms. The first-order chi connectivity index (χ1) is 9.11. The second kappa shape index (κ2) is 6.77. The highest BCUT2D eigenvalue weighted by Crippen LogP contribution is 2.26. The largest absolute Gasteiger partial charge is 0.394 e. The van der Waals surface area contributed by atoms with Gasteiger partial charge in [0.15, 0.2) is 0 Å². The lowest BCUT2D eigenvalue weighted by molar-refractivity contribution is -0.129. The van der Waals surface area contributed by atoms with E-state index in [0.29, 0.717) is 5.75 Å². The van der Waals surface area contributed by atoms with Crippen LogP contribution in [0.15, 0.2) is 27.6 Å². The zero-order valence-electron chi connectivity index (χ0n) is 10.9. The Labute approximate surface area is 126 Å². The summed E-state index contributed by atoms with van der Waals surface area (Å²) in [5, 5.41) is 9.24. The summed E-state index contributed by atoms with van der Waals surface area (Å²) in [6, 6.07) is 6.11. The molecule has 0 aromatic heterocycles. The van der Waals surface area contributed by atoms with Crippen LogP contribution in [0.3, 0.4) is 0 Å². The lowest BCUT2D eigenvalue weighted by Crippen LogP contribution is -2.38. The summed E-state index contributed by atoms with van der Waals surface area (Å²) >= 11 is 5.00. The molecule has 1 saturated heterocycles. The predicted octanol–water partition coefficient (Wildman–Crippen LogP) is 2.83. The Hall–Kier alpha value is -0.520. The molecular weight excluding hydrogens is 326 g/mol. The number of thioether (sulfide) groups is 1. The van der Waals surface area contributed by atoms with E-state index in [1.807, 2.05) is 24.0 Å². The van der Waals surface area contributed by atoms with Gasteiger partial charge in [0, 0.05) is 15.9 Å². The van der Waals surface area contributed by atoms with Crippen molar-refractivity contribution in [3.8, 4) is 0 Å². The Balaban J connectivity index is 1.93. The summed E-state index contributed by atoms with van der Waals surface area (Å²) in [7, 11) is 0. The van der Waals surface area contributed by atoms with Gasteiger partial charge < -0.3 is 10.0 Å². The van der Waals surface area contributed by atoms with Crippen molar-refractivity contribution in [2.75, 3.05) is 18.9 Å². The highest BCUT2D eigenvalue weighted by Gasteiger charge is 2.27. The van der Waals surface area contributed by atoms with Crippen molar-refractivity contribution in [1.82, 2.24) is 4.90 Å². The summed E-state index contributed by atoms with van der Waals surface area (Å²) in [4.78, 5) is 15.1. The summed E-state index contributed by atoms with van der Waals surface area (Å²) in [6.07, 6.45) is 1.92. The number of hydrogen-bond acceptors (Lipinski definition) is 3. The lowest BCUT2D eigenvalue weighted by Gasteiger charge is -2.22. The van der Waals surface area contributed by atoms with E-state index in [0.717, 1.165) is 28.8 Å². The number of aliphatic hydroxyl groups is 1. The van der Waals surface area contributed by atoms with Gasteiger partial charge in [-0.2, -0.15) is 0 Å². The summed E-state index contributed by atoms with van der Waals surface area (Å²) in [5.41, 5.74) is 1.17. The Kier molecular flexibility index (Phi) is 5.30. The third kappa shape index (κ3) is 3.74. The molecule has 1 fully saturated rings. The Morgan fingerprint density at radius 1 is 1.58 bits per heavy atom. The molecule has 1 amide bonds. The van der Waals surface area contributed by atoms with Crippen molar-refractivity contribution < 1.29 is 9.90 Å². The molecule has 104 valence electrons. The number of rotatable bonds is 4. The molecule has 0 bridgehead atoms. The van der Waals surface area contributed by atoms with Gasteiger partial charge in [0.05, 0.1) is 18.4 Å². The fraction of sp³-hybridized carbons (Fsp3) is 0.500. The van der Waals surface area contributed by atoms with Crippen LogP contribution in [0.25, 0.3) is 0 Å². The van der Waals surface area contributed by atoms with Gasteiger partial charge >= 0.3 is 0 Å². The number of aliphatic hydroxyl groups excluding tert-OH is 1. The number of hydrogen-bond donors (Lipinski definition) is 1. The van der Waals surface area contributed by atoms with Crippen molar-refractivity contribution in [2.45, 2.75) is 30.7 Å². The van der Waals surface area contributed by atoms with Crippen LogP contribution in [0.4, 0.5) is 0 Å². The molecule has 0 unspecified atom stereocenters. The summed E-state index contributed by atoms with van der Waals surface area (Å²) in [6.45, 7) is 2.90. The van der Waals surface area contributed by atoms with Crippen LogP contribution in [0, 0.1) is 6.92 Å². The summed E-state index contributed by atoms with van der Waals surface area (Å²) in [5.74, 6) is 0.572. The van der Waals surface area contributed by atoms with Crippen LogP contribution >= 0.6 is 27.7 Å². The fourth-order valence-electron chi connectivity index (χ4n) is 2.35. The van der Waals surface area contributed by atoms with E-state index in [1.165, 1.54) is 5.56 Å². The second-order valence-electron chi connectivity index (χ2n) is 4.76. The van der Waals surface area contributed by atoms with Gasteiger partial charge in [-0.3, -0.25) is 4.79 Å². The molecule has 1 aliphatic heterocycles. The highest BCUT2D eigenvalue weighted by molar-refractivity contribution is 9.10. The Morgan fingerprint density at radius 2 is 2.37 bits per heavy atom. The average molecular weight is 344 g/mol. The monoisotopic (exact) mass is 343 g/mol. The molecule has 1 heterocycles. The van der Waals surface area contributed by atoms with Crippen LogP contribution in [0.5, 0.6) is 0 Å². The van der Waals surface area contributed by atoms with Gasteiger partial charge in [-0.25, -0.2) is 0 Å². The first-order valence-electron chi connectivity index (χ1n) is 6.41. The maximum Gasteiger partial charge on any atom is 0.233 e. The quantitative estimate of drug-likeness (QED) is 0.854. The van der Waals surface area contributed by atoms with E-state index < -0.39 is 0 Å². The number of carbonyl (C=O) groups excluding carboxylic acids is 1. The number of nitrogens with zero attached hydrogens (tertiary/aromatic N) is 1. The number of likely N-dealkylation sites (tertiary alicyclic amines) is 1. The van der Waals surface area contributed by atoms with Crippen molar-refractivity contribution in [3.63, 3.8) is 0 Å². The van der Waals surface area contributed by atoms with Gasteiger partial charge in [-0.05, 0) is 43.5 Å². The summed E-state index contributed by atoms with van der Waals surface area (Å²) < 4.78 is 1.06. The minimum atomic E-state index is 0.0270. The highest BCUT2D eigenvalue weighted by atomic mass is 79.9. The van der Waals surface area contributed by atoms with Gasteiger partial charge in [0.1, 0.15) is 0 Å². The standard InChI is InChI=1S/C14H18BrNO2S/c1-10-7-11(15)4-5-13(10)19-9-14(18)16-6-2-3-12(16)8-17/h4-5,7,12,17H,2-3,6,8-9H2,1H3/t12-/m1/s1. The maximum atomic E-state index is 12.2. The van der Waals surface area contributed by atoms with Crippen LogP contribution in [0.1, 0.15) is 18.4 Å². The molecule has 1 atom stereocenters. The average Bonchev–Trinajstić information content (AvgIpc) is 2.85. The molecule has 3 nitrogen and oxygen atoms in total. The Bertz CT molecular complexity index is 467. The third-order valence-electron chi connectivity index (χ3n) is 3.40. The molecule has 2 rings (SSSR count). The van der Waals surface area contributed by atoms with Gasteiger partial charge in [0.25, 0.3) is 0 Å². The normalized spacial score (nSPS) is 18.9. The molecule has 0 spiro atoms. The zero-order valence-corrected chi connectivity index (χ0v) is 13.3. The van der Waals surface area contributed by atoms with E-state index >= 15 is 0 Å². The van der Waals surface area contributed by atoms with Crippen LogP contribution in [-0.2, 0) is 4.79 Å². The number of halogens is 1. The lowest BCUT2D eigenvalue weighted by atomic mass is 10.2. The molecule has 19 heavy (non-hydrogen) atoms. The van der Waals surface area contributed by atoms with Gasteiger partial charge in [0.2, 0.25) is 5.91 Å². The number of carbonyl (C=O) groups is 1. The third-order valence-corrected chi connectivity index (χ3v) is 5.05. The number of aryl methyl sites for hydroxylation is 1. The van der Waals surface area contributed by atoms with Gasteiger partial charge in [-0.1, -0.05) is 15.9 Å². The van der Waals surface area contributed by atoms with E-state index in [-0.39, 0.29) is 18.6 Å². The molecule has 1 aromatic rings. The number of benzene rings is 1. The van der Waals surface area contributed by atoms with Crippen LogP contribution in [-0.4, -0.2) is 40.9 Å². The smallest absolute Gasteiger partial charge is 0.233 e. The van der Waals surface area contributed by atoms with Crippen molar-refractivity contribution in [3.05, 3.63) is 28.2 Å². The molecular formula is C14H18BrNO2S. The minimum Gasteiger partial charge on any atom is -0.394 e. The topological polar surface area (TPSA) is 40.5 Å². The maximum absolute atomic E-state index is 12.2. The van der Waals surface area contributed by atoms with E-state index in [1.54, 1.807) is 11.8 Å². The molecule has 0 saturated carbocycles. The second-order valence-corrected chi connectivity index (χ2v) is 6.70. The Morgan fingerprint density at radius 3 is 3.05 bits per heavy atom. The van der Waals surface area contributed by atoms with E-state index in [2.05, 4.69) is 22.0 Å².